The van der Waals surface area contributed by atoms with Gasteiger partial charge >= 0.3 is 0 Å². The number of aromatic nitrogens is 2. The predicted octanol–water partition coefficient (Wildman–Crippen LogP) is 4.02. The van der Waals surface area contributed by atoms with E-state index in [0.29, 0.717) is 30.5 Å². The summed E-state index contributed by atoms with van der Waals surface area (Å²) in [5.74, 6) is 0.985. The van der Waals surface area contributed by atoms with E-state index in [2.05, 4.69) is 34.8 Å². The van der Waals surface area contributed by atoms with Crippen molar-refractivity contribution in [1.82, 2.24) is 14.9 Å². The van der Waals surface area contributed by atoms with E-state index in [1.54, 1.807) is 6.20 Å². The van der Waals surface area contributed by atoms with Crippen LogP contribution in [-0.4, -0.2) is 22.1 Å². The summed E-state index contributed by atoms with van der Waals surface area (Å²) in [6.45, 7) is 8.07. The van der Waals surface area contributed by atoms with Crippen LogP contribution in [0, 0.1) is 5.92 Å². The van der Waals surface area contributed by atoms with Gasteiger partial charge in [-0.2, -0.15) is 0 Å². The Balaban J connectivity index is 1.82. The number of nitrogens with zero attached hydrogens (tertiary/aromatic N) is 2. The number of fused-ring (bicyclic) bond motifs is 1. The van der Waals surface area contributed by atoms with E-state index in [4.69, 9.17) is 4.74 Å². The maximum Gasteiger partial charge on any atom is 0.253 e. The Morgan fingerprint density at radius 1 is 1.23 bits per heavy atom. The van der Waals surface area contributed by atoms with Crippen LogP contribution in [0.4, 0.5) is 0 Å². The summed E-state index contributed by atoms with van der Waals surface area (Å²) in [4.78, 5) is 17.0. The van der Waals surface area contributed by atoms with Gasteiger partial charge < -0.3 is 14.6 Å². The quantitative estimate of drug-likeness (QED) is 0.699. The van der Waals surface area contributed by atoms with Crippen LogP contribution in [0.2, 0.25) is 0 Å². The summed E-state index contributed by atoms with van der Waals surface area (Å²) >= 11 is 0. The minimum atomic E-state index is -0.0880. The molecule has 0 spiro atoms. The Kier molecular flexibility index (Phi) is 5.56. The minimum Gasteiger partial charge on any atom is -0.478 e. The third kappa shape index (κ3) is 3.87. The standard InChI is InChI=1S/C21H25N3O2/c1-4-26-21-16(8-7-11-22-21)12-23-20(25)18-14-24(13-15(2)3)19-10-6-5-9-17(18)19/h5-11,14-15H,4,12-13H2,1-3H3,(H,23,25). The number of benzene rings is 1. The SMILES string of the molecule is CCOc1ncccc1CNC(=O)c1cn(CC(C)C)c2ccccc12. The molecule has 1 N–H and O–H groups in total. The number of pyridine rings is 1. The second-order valence-corrected chi connectivity index (χ2v) is 6.69. The predicted molar refractivity (Wildman–Crippen MR) is 103 cm³/mol. The van der Waals surface area contributed by atoms with Crippen molar-refractivity contribution in [2.75, 3.05) is 6.61 Å². The van der Waals surface area contributed by atoms with E-state index in [9.17, 15) is 4.79 Å². The topological polar surface area (TPSA) is 56.1 Å². The van der Waals surface area contributed by atoms with Gasteiger partial charge in [0.2, 0.25) is 5.88 Å². The molecule has 136 valence electrons. The second kappa shape index (κ2) is 8.04. The highest BCUT2D eigenvalue weighted by atomic mass is 16.5. The molecule has 0 unspecified atom stereocenters. The molecule has 26 heavy (non-hydrogen) atoms. The van der Waals surface area contributed by atoms with Crippen LogP contribution in [0.15, 0.2) is 48.8 Å². The highest BCUT2D eigenvalue weighted by Gasteiger charge is 2.16. The zero-order valence-electron chi connectivity index (χ0n) is 15.5. The number of nitrogens with one attached hydrogen (secondary N) is 1. The number of hydrogen-bond donors (Lipinski definition) is 1. The molecule has 0 saturated heterocycles. The van der Waals surface area contributed by atoms with Crippen molar-refractivity contribution in [1.29, 1.82) is 0 Å². The highest BCUT2D eigenvalue weighted by molar-refractivity contribution is 6.07. The largest absolute Gasteiger partial charge is 0.478 e. The summed E-state index contributed by atoms with van der Waals surface area (Å²) in [6, 6.07) is 11.8. The lowest BCUT2D eigenvalue weighted by Gasteiger charge is -2.09. The summed E-state index contributed by atoms with van der Waals surface area (Å²) in [6.07, 6.45) is 3.64. The maximum atomic E-state index is 12.8. The van der Waals surface area contributed by atoms with E-state index in [1.165, 1.54) is 0 Å². The summed E-state index contributed by atoms with van der Waals surface area (Å²) < 4.78 is 7.68. The molecule has 0 radical (unpaired) electrons. The normalized spacial score (nSPS) is 11.1. The highest BCUT2D eigenvalue weighted by Crippen LogP contribution is 2.23. The summed E-state index contributed by atoms with van der Waals surface area (Å²) in [5, 5.41) is 3.97. The molecular weight excluding hydrogens is 326 g/mol. The van der Waals surface area contributed by atoms with Crippen molar-refractivity contribution < 1.29 is 9.53 Å². The Morgan fingerprint density at radius 2 is 2.04 bits per heavy atom. The van der Waals surface area contributed by atoms with Gasteiger partial charge in [0.05, 0.1) is 12.2 Å². The molecule has 3 aromatic rings. The lowest BCUT2D eigenvalue weighted by Crippen LogP contribution is -2.23. The zero-order chi connectivity index (χ0) is 18.5. The van der Waals surface area contributed by atoms with E-state index in [1.807, 2.05) is 43.5 Å². The Labute approximate surface area is 154 Å². The lowest BCUT2D eigenvalue weighted by atomic mass is 10.1. The van der Waals surface area contributed by atoms with Gasteiger partial charge in [-0.3, -0.25) is 4.79 Å². The average Bonchev–Trinajstić information content (AvgIpc) is 2.99. The molecule has 2 aromatic heterocycles. The van der Waals surface area contributed by atoms with Crippen LogP contribution in [0.25, 0.3) is 10.9 Å². The fourth-order valence-corrected chi connectivity index (χ4v) is 3.07. The number of carbonyl (C=O) groups excluding carboxylic acids is 1. The van der Waals surface area contributed by atoms with Gasteiger partial charge in [-0.05, 0) is 25.0 Å². The van der Waals surface area contributed by atoms with Crippen molar-refractivity contribution in [2.24, 2.45) is 5.92 Å². The first-order valence-corrected chi connectivity index (χ1v) is 9.03. The number of para-hydroxylation sites is 1. The van der Waals surface area contributed by atoms with Crippen LogP contribution in [0.5, 0.6) is 5.88 Å². The monoisotopic (exact) mass is 351 g/mol. The number of ether oxygens (including phenoxy) is 1. The van der Waals surface area contributed by atoms with Crippen LogP contribution < -0.4 is 10.1 Å². The van der Waals surface area contributed by atoms with E-state index < -0.39 is 0 Å². The molecule has 5 nitrogen and oxygen atoms in total. The number of amides is 1. The van der Waals surface area contributed by atoms with Gasteiger partial charge in [0.1, 0.15) is 0 Å². The van der Waals surface area contributed by atoms with Crippen molar-refractivity contribution in [2.45, 2.75) is 33.9 Å². The molecule has 0 aliphatic heterocycles. The molecular formula is C21H25N3O2. The van der Waals surface area contributed by atoms with Gasteiger partial charge in [-0.25, -0.2) is 4.98 Å². The number of carbonyl (C=O) groups is 1. The Morgan fingerprint density at radius 3 is 2.81 bits per heavy atom. The fraction of sp³-hybridized carbons (Fsp3) is 0.333. The first kappa shape index (κ1) is 18.0. The van der Waals surface area contributed by atoms with Gasteiger partial charge in [-0.15, -0.1) is 0 Å². The molecule has 1 amide bonds. The third-order valence-electron chi connectivity index (χ3n) is 4.17. The average molecular weight is 351 g/mol. The fourth-order valence-electron chi connectivity index (χ4n) is 3.07. The molecule has 2 heterocycles. The summed E-state index contributed by atoms with van der Waals surface area (Å²) in [7, 11) is 0. The molecule has 0 fully saturated rings. The second-order valence-electron chi connectivity index (χ2n) is 6.69. The van der Waals surface area contributed by atoms with E-state index in [-0.39, 0.29) is 5.91 Å². The Hall–Kier alpha value is -2.82. The van der Waals surface area contributed by atoms with Gasteiger partial charge in [-0.1, -0.05) is 38.1 Å². The van der Waals surface area contributed by atoms with Crippen LogP contribution in [-0.2, 0) is 13.1 Å². The molecule has 0 atom stereocenters. The molecule has 5 heteroatoms. The molecule has 1 aromatic carbocycles. The van der Waals surface area contributed by atoms with Crippen LogP contribution >= 0.6 is 0 Å². The first-order valence-electron chi connectivity index (χ1n) is 9.03. The first-order chi connectivity index (χ1) is 12.6. The van der Waals surface area contributed by atoms with E-state index in [0.717, 1.165) is 23.0 Å². The van der Waals surface area contributed by atoms with Gasteiger partial charge in [0, 0.05) is 41.9 Å². The molecule has 0 aliphatic carbocycles. The third-order valence-corrected chi connectivity index (χ3v) is 4.17. The molecule has 0 bridgehead atoms. The van der Waals surface area contributed by atoms with Crippen molar-refractivity contribution >= 4 is 16.8 Å². The van der Waals surface area contributed by atoms with Gasteiger partial charge in [0.25, 0.3) is 5.91 Å². The minimum absolute atomic E-state index is 0.0880. The van der Waals surface area contributed by atoms with Crippen molar-refractivity contribution in [3.8, 4) is 5.88 Å². The van der Waals surface area contributed by atoms with Gasteiger partial charge in [0.15, 0.2) is 0 Å². The molecule has 3 rings (SSSR count). The van der Waals surface area contributed by atoms with Crippen molar-refractivity contribution in [3.63, 3.8) is 0 Å². The zero-order valence-corrected chi connectivity index (χ0v) is 15.5. The van der Waals surface area contributed by atoms with Crippen LogP contribution in [0.1, 0.15) is 36.7 Å². The lowest BCUT2D eigenvalue weighted by molar-refractivity contribution is 0.0952. The number of rotatable bonds is 7. The summed E-state index contributed by atoms with van der Waals surface area (Å²) in [5.41, 5.74) is 2.65. The Bertz CT molecular complexity index is 899. The maximum absolute atomic E-state index is 12.8. The smallest absolute Gasteiger partial charge is 0.253 e. The van der Waals surface area contributed by atoms with E-state index >= 15 is 0 Å². The van der Waals surface area contributed by atoms with Crippen LogP contribution in [0.3, 0.4) is 0 Å². The van der Waals surface area contributed by atoms with Crippen molar-refractivity contribution in [3.05, 3.63) is 59.9 Å². The molecule has 0 aliphatic rings. The molecule has 0 saturated carbocycles. The number of hydrogen-bond acceptors (Lipinski definition) is 3.